The van der Waals surface area contributed by atoms with Crippen molar-refractivity contribution in [1.82, 2.24) is 9.55 Å². The van der Waals surface area contributed by atoms with Crippen LogP contribution in [0.2, 0.25) is 0 Å². The highest BCUT2D eigenvalue weighted by Crippen LogP contribution is 2.06. The molecule has 1 rings (SSSR count). The van der Waals surface area contributed by atoms with Gasteiger partial charge in [0.15, 0.2) is 5.82 Å². The van der Waals surface area contributed by atoms with E-state index in [1.807, 2.05) is 20.8 Å². The zero-order valence-corrected chi connectivity index (χ0v) is 10.2. The third kappa shape index (κ3) is 3.06. The van der Waals surface area contributed by atoms with Crippen molar-refractivity contribution in [2.24, 2.45) is 5.73 Å². The van der Waals surface area contributed by atoms with Gasteiger partial charge in [-0.05, 0) is 20.3 Å². The molecule has 16 heavy (non-hydrogen) atoms. The Balaban J connectivity index is 2.98. The summed E-state index contributed by atoms with van der Waals surface area (Å²) >= 11 is 0. The lowest BCUT2D eigenvalue weighted by Gasteiger charge is -2.24. The Morgan fingerprint density at radius 1 is 1.56 bits per heavy atom. The van der Waals surface area contributed by atoms with Gasteiger partial charge in [0.05, 0.1) is 0 Å². The van der Waals surface area contributed by atoms with E-state index in [0.717, 1.165) is 6.42 Å². The molecule has 0 bridgehead atoms. The molecule has 5 heteroatoms. The Morgan fingerprint density at radius 3 is 2.81 bits per heavy atom. The number of nitrogens with two attached hydrogens (primary N) is 1. The molecule has 1 heterocycles. The number of anilines is 1. The molecule has 1 aromatic rings. The van der Waals surface area contributed by atoms with Crippen LogP contribution in [0.25, 0.3) is 0 Å². The summed E-state index contributed by atoms with van der Waals surface area (Å²) in [6.45, 7) is 7.05. The van der Waals surface area contributed by atoms with E-state index in [1.54, 1.807) is 17.0 Å². The second kappa shape index (κ2) is 5.12. The van der Waals surface area contributed by atoms with Gasteiger partial charge in [-0.3, -0.25) is 4.79 Å². The fourth-order valence-corrected chi connectivity index (χ4v) is 1.32. The van der Waals surface area contributed by atoms with E-state index < -0.39 is 0 Å². The molecule has 90 valence electrons. The molecule has 1 aromatic heterocycles. The lowest BCUT2D eigenvalue weighted by atomic mass is 10.1. The van der Waals surface area contributed by atoms with Crippen LogP contribution in [0.4, 0.5) is 5.82 Å². The van der Waals surface area contributed by atoms with E-state index in [4.69, 9.17) is 5.73 Å². The van der Waals surface area contributed by atoms with Crippen LogP contribution in [0.3, 0.4) is 0 Å². The molecule has 0 aromatic carbocycles. The predicted molar refractivity (Wildman–Crippen MR) is 65.5 cm³/mol. The molecule has 0 spiro atoms. The molecular weight excluding hydrogens is 204 g/mol. The molecule has 0 radical (unpaired) electrons. The molecular formula is C11H20N4O. The van der Waals surface area contributed by atoms with Crippen molar-refractivity contribution in [3.05, 3.63) is 22.7 Å². The SMILES string of the molecule is CCCn1ccnc(NC(C)(C)CN)c1=O. The zero-order chi connectivity index (χ0) is 12.2. The molecule has 0 aliphatic heterocycles. The van der Waals surface area contributed by atoms with Crippen LogP contribution in [0, 0.1) is 0 Å². The van der Waals surface area contributed by atoms with Gasteiger partial charge in [-0.1, -0.05) is 6.92 Å². The molecule has 0 fully saturated rings. The number of aromatic nitrogens is 2. The third-order valence-electron chi connectivity index (χ3n) is 2.35. The highest BCUT2D eigenvalue weighted by Gasteiger charge is 2.17. The molecule has 0 atom stereocenters. The first-order valence-electron chi connectivity index (χ1n) is 5.54. The number of nitrogens with zero attached hydrogens (tertiary/aromatic N) is 2. The second-order valence-electron chi connectivity index (χ2n) is 4.49. The van der Waals surface area contributed by atoms with Crippen LogP contribution in [0.5, 0.6) is 0 Å². The van der Waals surface area contributed by atoms with Gasteiger partial charge in [0.2, 0.25) is 0 Å². The van der Waals surface area contributed by atoms with Crippen LogP contribution >= 0.6 is 0 Å². The van der Waals surface area contributed by atoms with Crippen molar-refractivity contribution in [3.63, 3.8) is 0 Å². The number of aryl methyl sites for hydroxylation is 1. The van der Waals surface area contributed by atoms with E-state index in [9.17, 15) is 4.79 Å². The van der Waals surface area contributed by atoms with Crippen molar-refractivity contribution < 1.29 is 0 Å². The average Bonchev–Trinajstić information content (AvgIpc) is 2.24. The summed E-state index contributed by atoms with van der Waals surface area (Å²) in [6, 6.07) is 0. The highest BCUT2D eigenvalue weighted by molar-refractivity contribution is 5.34. The van der Waals surface area contributed by atoms with E-state index in [0.29, 0.717) is 18.9 Å². The Hall–Kier alpha value is -1.36. The van der Waals surface area contributed by atoms with Gasteiger partial charge in [0, 0.05) is 31.0 Å². The molecule has 0 saturated carbocycles. The number of hydrogen-bond acceptors (Lipinski definition) is 4. The number of rotatable bonds is 5. The molecule has 0 saturated heterocycles. The Bertz CT molecular complexity index is 397. The van der Waals surface area contributed by atoms with Gasteiger partial charge in [0.1, 0.15) is 0 Å². The normalized spacial score (nSPS) is 11.5. The summed E-state index contributed by atoms with van der Waals surface area (Å²) in [4.78, 5) is 16.0. The first-order chi connectivity index (χ1) is 7.50. The van der Waals surface area contributed by atoms with Crippen molar-refractivity contribution in [3.8, 4) is 0 Å². The predicted octanol–water partition coefficient (Wildman–Crippen LogP) is 0.802. The number of nitrogens with one attached hydrogen (secondary N) is 1. The van der Waals surface area contributed by atoms with E-state index in [2.05, 4.69) is 10.3 Å². The number of hydrogen-bond donors (Lipinski definition) is 2. The van der Waals surface area contributed by atoms with Crippen LogP contribution in [-0.4, -0.2) is 21.6 Å². The minimum absolute atomic E-state index is 0.0918. The maximum atomic E-state index is 11.9. The van der Waals surface area contributed by atoms with E-state index in [-0.39, 0.29) is 11.1 Å². The van der Waals surface area contributed by atoms with Crippen molar-refractivity contribution in [1.29, 1.82) is 0 Å². The Morgan fingerprint density at radius 2 is 2.25 bits per heavy atom. The Kier molecular flexibility index (Phi) is 4.06. The largest absolute Gasteiger partial charge is 0.359 e. The molecule has 0 unspecified atom stereocenters. The Labute approximate surface area is 95.7 Å². The minimum Gasteiger partial charge on any atom is -0.359 e. The average molecular weight is 224 g/mol. The van der Waals surface area contributed by atoms with Crippen LogP contribution in [0.1, 0.15) is 27.2 Å². The lowest BCUT2D eigenvalue weighted by molar-refractivity contribution is 0.570. The second-order valence-corrected chi connectivity index (χ2v) is 4.49. The first kappa shape index (κ1) is 12.7. The summed E-state index contributed by atoms with van der Waals surface area (Å²) in [5, 5.41) is 3.07. The van der Waals surface area contributed by atoms with Crippen molar-refractivity contribution in [2.45, 2.75) is 39.3 Å². The molecule has 0 amide bonds. The zero-order valence-electron chi connectivity index (χ0n) is 10.2. The van der Waals surface area contributed by atoms with Crippen LogP contribution in [0.15, 0.2) is 17.2 Å². The van der Waals surface area contributed by atoms with Gasteiger partial charge in [-0.2, -0.15) is 0 Å². The van der Waals surface area contributed by atoms with Crippen molar-refractivity contribution in [2.75, 3.05) is 11.9 Å². The molecule has 3 N–H and O–H groups in total. The summed E-state index contributed by atoms with van der Waals surface area (Å²) in [5.74, 6) is 0.367. The fraction of sp³-hybridized carbons (Fsp3) is 0.636. The van der Waals surface area contributed by atoms with E-state index in [1.165, 1.54) is 0 Å². The quantitative estimate of drug-likeness (QED) is 0.776. The smallest absolute Gasteiger partial charge is 0.293 e. The minimum atomic E-state index is -0.322. The van der Waals surface area contributed by atoms with Gasteiger partial charge in [-0.15, -0.1) is 0 Å². The first-order valence-corrected chi connectivity index (χ1v) is 5.54. The fourth-order valence-electron chi connectivity index (χ4n) is 1.32. The summed E-state index contributed by atoms with van der Waals surface area (Å²) in [5.41, 5.74) is 5.19. The molecule has 5 nitrogen and oxygen atoms in total. The summed E-state index contributed by atoms with van der Waals surface area (Å²) in [7, 11) is 0. The van der Waals surface area contributed by atoms with Gasteiger partial charge in [0.25, 0.3) is 5.56 Å². The van der Waals surface area contributed by atoms with Gasteiger partial charge in [-0.25, -0.2) is 4.98 Å². The monoisotopic (exact) mass is 224 g/mol. The summed E-state index contributed by atoms with van der Waals surface area (Å²) in [6.07, 6.45) is 4.25. The highest BCUT2D eigenvalue weighted by atomic mass is 16.1. The van der Waals surface area contributed by atoms with Crippen LogP contribution < -0.4 is 16.6 Å². The lowest BCUT2D eigenvalue weighted by Crippen LogP contribution is -2.42. The van der Waals surface area contributed by atoms with Crippen LogP contribution in [-0.2, 0) is 6.54 Å². The van der Waals surface area contributed by atoms with Gasteiger partial charge >= 0.3 is 0 Å². The standard InChI is InChI=1S/C11H20N4O/c1-4-6-15-7-5-13-9(10(15)16)14-11(2,3)8-12/h5,7H,4,6,8,12H2,1-3H3,(H,13,14). The van der Waals surface area contributed by atoms with Crippen molar-refractivity contribution >= 4 is 5.82 Å². The van der Waals surface area contributed by atoms with E-state index >= 15 is 0 Å². The molecule has 0 aliphatic rings. The topological polar surface area (TPSA) is 72.9 Å². The maximum absolute atomic E-state index is 11.9. The molecule has 0 aliphatic carbocycles. The summed E-state index contributed by atoms with van der Waals surface area (Å²) < 4.78 is 1.65. The van der Waals surface area contributed by atoms with Gasteiger partial charge < -0.3 is 15.6 Å². The third-order valence-corrected chi connectivity index (χ3v) is 2.35. The maximum Gasteiger partial charge on any atom is 0.293 e.